The van der Waals surface area contributed by atoms with Gasteiger partial charge in [-0.15, -0.1) is 8.78 Å². The SMILES string of the molecule is O=C(CCNC(=O)c1ccsc1)Nc1ccc2c(c1)OC(F)(F)O2. The molecule has 0 aliphatic carbocycles. The second-order valence-electron chi connectivity index (χ2n) is 4.90. The van der Waals surface area contributed by atoms with Gasteiger partial charge in [0.1, 0.15) is 0 Å². The Kier molecular flexibility index (Phi) is 4.34. The summed E-state index contributed by atoms with van der Waals surface area (Å²) in [5.74, 6) is -0.870. The molecule has 2 N–H and O–H groups in total. The number of thiophene rings is 1. The van der Waals surface area contributed by atoms with Gasteiger partial charge in [-0.05, 0) is 23.6 Å². The van der Waals surface area contributed by atoms with E-state index in [4.69, 9.17) is 0 Å². The van der Waals surface area contributed by atoms with Crippen LogP contribution in [0.2, 0.25) is 0 Å². The van der Waals surface area contributed by atoms with Gasteiger partial charge in [0.25, 0.3) is 5.91 Å². The fraction of sp³-hybridized carbons (Fsp3) is 0.200. The van der Waals surface area contributed by atoms with Crippen LogP contribution >= 0.6 is 11.3 Å². The van der Waals surface area contributed by atoms with E-state index in [9.17, 15) is 18.4 Å². The Morgan fingerprint density at radius 2 is 1.96 bits per heavy atom. The van der Waals surface area contributed by atoms with Crippen molar-refractivity contribution in [2.45, 2.75) is 12.7 Å². The monoisotopic (exact) mass is 354 g/mol. The van der Waals surface area contributed by atoms with Gasteiger partial charge in [0.2, 0.25) is 5.91 Å². The Labute approximate surface area is 139 Å². The van der Waals surface area contributed by atoms with Gasteiger partial charge in [-0.2, -0.15) is 11.3 Å². The van der Waals surface area contributed by atoms with E-state index in [2.05, 4.69) is 20.1 Å². The molecular formula is C15H12F2N2O4S. The lowest BCUT2D eigenvalue weighted by Gasteiger charge is -2.07. The van der Waals surface area contributed by atoms with Crippen molar-refractivity contribution < 1.29 is 27.8 Å². The number of carbonyl (C=O) groups excluding carboxylic acids is 2. The van der Waals surface area contributed by atoms with Gasteiger partial charge >= 0.3 is 6.29 Å². The quantitative estimate of drug-likeness (QED) is 0.866. The highest BCUT2D eigenvalue weighted by Crippen LogP contribution is 2.42. The van der Waals surface area contributed by atoms with Crippen molar-refractivity contribution in [1.29, 1.82) is 0 Å². The number of ether oxygens (including phenoxy) is 2. The minimum Gasteiger partial charge on any atom is -0.395 e. The molecule has 24 heavy (non-hydrogen) atoms. The first-order chi connectivity index (χ1) is 11.4. The van der Waals surface area contributed by atoms with Crippen LogP contribution in [0, 0.1) is 0 Å². The predicted octanol–water partition coefficient (Wildman–Crippen LogP) is 2.83. The van der Waals surface area contributed by atoms with Gasteiger partial charge in [-0.3, -0.25) is 9.59 Å². The minimum absolute atomic E-state index is 0.0421. The molecule has 0 atom stereocenters. The number of alkyl halides is 2. The lowest BCUT2D eigenvalue weighted by atomic mass is 10.2. The standard InChI is InChI=1S/C15H12F2N2O4S/c16-15(17)22-11-2-1-10(7-12(11)23-15)19-13(20)3-5-18-14(21)9-4-6-24-8-9/h1-2,4,6-8H,3,5H2,(H,18,21)(H,19,20). The van der Waals surface area contributed by atoms with Crippen molar-refractivity contribution in [1.82, 2.24) is 5.32 Å². The maximum atomic E-state index is 12.9. The Morgan fingerprint density at radius 3 is 2.71 bits per heavy atom. The van der Waals surface area contributed by atoms with E-state index in [1.807, 2.05) is 0 Å². The summed E-state index contributed by atoms with van der Waals surface area (Å²) in [4.78, 5) is 23.5. The predicted molar refractivity (Wildman–Crippen MR) is 82.5 cm³/mol. The van der Waals surface area contributed by atoms with Crippen molar-refractivity contribution in [2.75, 3.05) is 11.9 Å². The second kappa shape index (κ2) is 6.44. The molecule has 126 valence electrons. The van der Waals surface area contributed by atoms with E-state index in [-0.39, 0.29) is 36.3 Å². The molecule has 0 radical (unpaired) electrons. The van der Waals surface area contributed by atoms with Crippen LogP contribution < -0.4 is 20.1 Å². The molecule has 0 saturated carbocycles. The number of hydrogen-bond acceptors (Lipinski definition) is 5. The molecule has 9 heteroatoms. The summed E-state index contributed by atoms with van der Waals surface area (Å²) in [7, 11) is 0. The highest BCUT2D eigenvalue weighted by Gasteiger charge is 2.43. The first-order valence-electron chi connectivity index (χ1n) is 6.93. The van der Waals surface area contributed by atoms with Crippen molar-refractivity contribution in [3.05, 3.63) is 40.6 Å². The van der Waals surface area contributed by atoms with E-state index in [0.717, 1.165) is 0 Å². The smallest absolute Gasteiger partial charge is 0.395 e. The Bertz CT molecular complexity index is 765. The highest BCUT2D eigenvalue weighted by atomic mass is 32.1. The molecule has 1 aromatic carbocycles. The van der Waals surface area contributed by atoms with Crippen molar-refractivity contribution in [2.24, 2.45) is 0 Å². The van der Waals surface area contributed by atoms with Gasteiger partial charge in [0.15, 0.2) is 11.5 Å². The van der Waals surface area contributed by atoms with Crippen LogP contribution in [0.5, 0.6) is 11.5 Å². The van der Waals surface area contributed by atoms with E-state index < -0.39 is 6.29 Å². The van der Waals surface area contributed by atoms with E-state index >= 15 is 0 Å². The average Bonchev–Trinajstić information content (AvgIpc) is 3.12. The number of nitrogens with one attached hydrogen (secondary N) is 2. The number of fused-ring (bicyclic) bond motifs is 1. The molecule has 2 aromatic rings. The molecule has 1 aliphatic rings. The Morgan fingerprint density at radius 1 is 1.17 bits per heavy atom. The van der Waals surface area contributed by atoms with E-state index in [1.54, 1.807) is 16.8 Å². The molecule has 0 fully saturated rings. The summed E-state index contributed by atoms with van der Waals surface area (Å²) in [5, 5.41) is 8.64. The molecule has 2 amide bonds. The van der Waals surface area contributed by atoms with Gasteiger partial charge in [-0.25, -0.2) is 0 Å². The lowest BCUT2D eigenvalue weighted by molar-refractivity contribution is -0.286. The number of benzene rings is 1. The summed E-state index contributed by atoms with van der Waals surface area (Å²) in [6.45, 7) is 0.156. The summed E-state index contributed by atoms with van der Waals surface area (Å²) in [5.41, 5.74) is 0.835. The number of amides is 2. The largest absolute Gasteiger partial charge is 0.586 e. The molecule has 2 heterocycles. The van der Waals surface area contributed by atoms with Gasteiger partial charge in [0.05, 0.1) is 0 Å². The zero-order valence-corrected chi connectivity index (χ0v) is 13.0. The molecule has 0 unspecified atom stereocenters. The third-order valence-corrected chi connectivity index (χ3v) is 3.79. The van der Waals surface area contributed by atoms with E-state index in [1.165, 1.54) is 29.5 Å². The van der Waals surface area contributed by atoms with E-state index in [0.29, 0.717) is 11.3 Å². The fourth-order valence-corrected chi connectivity index (χ4v) is 2.67. The van der Waals surface area contributed by atoms with Crippen molar-refractivity contribution in [3.8, 4) is 11.5 Å². The first kappa shape index (κ1) is 16.2. The summed E-state index contributed by atoms with van der Waals surface area (Å²) < 4.78 is 34.4. The van der Waals surface area contributed by atoms with Crippen LogP contribution in [-0.2, 0) is 4.79 Å². The first-order valence-corrected chi connectivity index (χ1v) is 7.87. The second-order valence-corrected chi connectivity index (χ2v) is 5.68. The minimum atomic E-state index is -3.70. The maximum absolute atomic E-state index is 12.9. The zero-order chi connectivity index (χ0) is 17.2. The number of hydrogen-bond donors (Lipinski definition) is 2. The molecule has 0 bridgehead atoms. The fourth-order valence-electron chi connectivity index (χ4n) is 2.04. The third kappa shape index (κ3) is 3.80. The summed E-state index contributed by atoms with van der Waals surface area (Å²) >= 11 is 1.40. The van der Waals surface area contributed by atoms with Gasteiger partial charge < -0.3 is 20.1 Å². The van der Waals surface area contributed by atoms with Crippen LogP contribution in [0.4, 0.5) is 14.5 Å². The molecule has 1 aromatic heterocycles. The topological polar surface area (TPSA) is 76.7 Å². The van der Waals surface area contributed by atoms with Gasteiger partial charge in [-0.1, -0.05) is 0 Å². The normalized spacial score (nSPS) is 14.2. The average molecular weight is 354 g/mol. The van der Waals surface area contributed by atoms with Gasteiger partial charge in [0, 0.05) is 35.7 Å². The summed E-state index contributed by atoms with van der Waals surface area (Å²) in [6.07, 6.45) is -3.66. The molecule has 0 spiro atoms. The molecule has 0 saturated heterocycles. The van der Waals surface area contributed by atoms with Crippen LogP contribution in [0.15, 0.2) is 35.0 Å². The third-order valence-electron chi connectivity index (χ3n) is 3.11. The Balaban J connectivity index is 1.48. The summed E-state index contributed by atoms with van der Waals surface area (Å²) in [6, 6.07) is 5.64. The number of carbonyl (C=O) groups is 2. The lowest BCUT2D eigenvalue weighted by Crippen LogP contribution is -2.27. The number of halogens is 2. The molecule has 1 aliphatic heterocycles. The van der Waals surface area contributed by atoms with Crippen LogP contribution in [0.3, 0.4) is 0 Å². The van der Waals surface area contributed by atoms with Crippen LogP contribution in [-0.4, -0.2) is 24.7 Å². The number of anilines is 1. The number of rotatable bonds is 5. The molecular weight excluding hydrogens is 342 g/mol. The molecule has 6 nitrogen and oxygen atoms in total. The van der Waals surface area contributed by atoms with Crippen LogP contribution in [0.25, 0.3) is 0 Å². The molecule has 3 rings (SSSR count). The van der Waals surface area contributed by atoms with Crippen molar-refractivity contribution >= 4 is 28.8 Å². The zero-order valence-electron chi connectivity index (χ0n) is 12.2. The Hall–Kier alpha value is -2.68. The van der Waals surface area contributed by atoms with Crippen LogP contribution in [0.1, 0.15) is 16.8 Å². The highest BCUT2D eigenvalue weighted by molar-refractivity contribution is 7.08. The van der Waals surface area contributed by atoms with Crippen molar-refractivity contribution in [3.63, 3.8) is 0 Å². The maximum Gasteiger partial charge on any atom is 0.586 e.